The summed E-state index contributed by atoms with van der Waals surface area (Å²) in [5.74, 6) is 1.07. The molecule has 0 bridgehead atoms. The molecule has 0 aromatic carbocycles. The van der Waals surface area contributed by atoms with Gasteiger partial charge in [0.1, 0.15) is 5.82 Å². The Bertz CT molecular complexity index is 195. The van der Waals surface area contributed by atoms with Crippen molar-refractivity contribution in [2.75, 3.05) is 20.6 Å². The number of hydrogen-bond donors (Lipinski definition) is 2. The van der Waals surface area contributed by atoms with E-state index in [0.717, 1.165) is 25.2 Å². The monoisotopic (exact) mass is 168 g/mol. The Balaban J connectivity index is 2.11. The lowest BCUT2D eigenvalue weighted by molar-refractivity contribution is 0.257. The van der Waals surface area contributed by atoms with Crippen LogP contribution in [0.2, 0.25) is 0 Å². The summed E-state index contributed by atoms with van der Waals surface area (Å²) in [7, 11) is 3.95. The average Bonchev–Trinajstić information content (AvgIpc) is 2.57. The molecule has 0 unspecified atom stereocenters. The Kier molecular flexibility index (Phi) is 3.76. The summed E-state index contributed by atoms with van der Waals surface area (Å²) in [5.41, 5.74) is 3.05. The molecule has 0 atom stereocenters. The van der Waals surface area contributed by atoms with Crippen molar-refractivity contribution < 1.29 is 0 Å². The quantitative estimate of drug-likeness (QED) is 0.626. The van der Waals surface area contributed by atoms with Crippen LogP contribution >= 0.6 is 0 Å². The number of hydrogen-bond acceptors (Lipinski definition) is 3. The smallest absolute Gasteiger partial charge is 0.106 e. The summed E-state index contributed by atoms with van der Waals surface area (Å²) in [5, 5.41) is 2.06. The number of aromatic nitrogens is 2. The number of nitrogens with zero attached hydrogens (tertiary/aromatic N) is 2. The number of H-pyrrole nitrogens is 1. The van der Waals surface area contributed by atoms with Crippen molar-refractivity contribution in [3.05, 3.63) is 18.2 Å². The van der Waals surface area contributed by atoms with Crippen LogP contribution in [0.4, 0.5) is 0 Å². The summed E-state index contributed by atoms with van der Waals surface area (Å²) in [6.45, 7) is 1.04. The molecule has 0 radical (unpaired) electrons. The zero-order valence-corrected chi connectivity index (χ0v) is 7.67. The van der Waals surface area contributed by atoms with E-state index in [2.05, 4.69) is 20.4 Å². The van der Waals surface area contributed by atoms with Gasteiger partial charge in [0, 0.05) is 32.4 Å². The van der Waals surface area contributed by atoms with E-state index in [-0.39, 0.29) is 0 Å². The molecule has 0 aliphatic rings. The maximum absolute atomic E-state index is 4.14. The minimum atomic E-state index is 1.01. The van der Waals surface area contributed by atoms with E-state index in [9.17, 15) is 0 Å². The summed E-state index contributed by atoms with van der Waals surface area (Å²) in [6.07, 6.45) is 5.78. The van der Waals surface area contributed by atoms with Crippen LogP contribution < -0.4 is 5.43 Å². The van der Waals surface area contributed by atoms with Gasteiger partial charge in [-0.2, -0.15) is 0 Å². The molecule has 0 saturated carbocycles. The fraction of sp³-hybridized carbons (Fsp3) is 0.625. The fourth-order valence-electron chi connectivity index (χ4n) is 1.03. The Labute approximate surface area is 73.0 Å². The molecule has 68 valence electrons. The highest BCUT2D eigenvalue weighted by Crippen LogP contribution is 1.94. The second kappa shape index (κ2) is 4.90. The number of hydrazine groups is 1. The van der Waals surface area contributed by atoms with Crippen LogP contribution in [0.25, 0.3) is 0 Å². The number of nitrogens with one attached hydrogen (secondary N) is 2. The highest BCUT2D eigenvalue weighted by Gasteiger charge is 1.96. The minimum Gasteiger partial charge on any atom is -0.349 e. The molecule has 1 rings (SSSR count). The number of aromatic amines is 1. The normalized spacial score (nSPS) is 10.9. The van der Waals surface area contributed by atoms with Gasteiger partial charge >= 0.3 is 0 Å². The van der Waals surface area contributed by atoms with Gasteiger partial charge in [0.15, 0.2) is 0 Å². The van der Waals surface area contributed by atoms with E-state index in [1.165, 1.54) is 0 Å². The molecule has 0 amide bonds. The van der Waals surface area contributed by atoms with Crippen molar-refractivity contribution in [2.45, 2.75) is 12.8 Å². The molecule has 1 aromatic rings. The second-order valence-corrected chi connectivity index (χ2v) is 2.78. The minimum absolute atomic E-state index is 1.01. The molecule has 0 saturated heterocycles. The van der Waals surface area contributed by atoms with Crippen molar-refractivity contribution in [2.24, 2.45) is 0 Å². The molecule has 0 spiro atoms. The van der Waals surface area contributed by atoms with E-state index < -0.39 is 0 Å². The van der Waals surface area contributed by atoms with Gasteiger partial charge in [-0.15, -0.1) is 0 Å². The van der Waals surface area contributed by atoms with E-state index in [0.29, 0.717) is 0 Å². The predicted molar refractivity (Wildman–Crippen MR) is 48.6 cm³/mol. The van der Waals surface area contributed by atoms with Crippen molar-refractivity contribution >= 4 is 0 Å². The van der Waals surface area contributed by atoms with Gasteiger partial charge in [0.25, 0.3) is 0 Å². The van der Waals surface area contributed by atoms with Gasteiger partial charge in [-0.25, -0.2) is 9.99 Å². The van der Waals surface area contributed by atoms with Crippen molar-refractivity contribution in [1.29, 1.82) is 0 Å². The molecular formula is C8H16N4. The van der Waals surface area contributed by atoms with Crippen LogP contribution in [-0.4, -0.2) is 35.6 Å². The van der Waals surface area contributed by atoms with Crippen molar-refractivity contribution in [3.63, 3.8) is 0 Å². The first-order valence-electron chi connectivity index (χ1n) is 4.19. The topological polar surface area (TPSA) is 44.0 Å². The van der Waals surface area contributed by atoms with Crippen LogP contribution in [0.3, 0.4) is 0 Å². The Morgan fingerprint density at radius 2 is 2.50 bits per heavy atom. The SMILES string of the molecule is CNN(C)CCCc1ncc[nH]1. The first-order valence-corrected chi connectivity index (χ1v) is 4.19. The summed E-state index contributed by atoms with van der Waals surface area (Å²) in [4.78, 5) is 7.22. The van der Waals surface area contributed by atoms with Crippen LogP contribution in [0.15, 0.2) is 12.4 Å². The summed E-state index contributed by atoms with van der Waals surface area (Å²) < 4.78 is 0. The zero-order valence-electron chi connectivity index (χ0n) is 7.67. The molecule has 12 heavy (non-hydrogen) atoms. The summed E-state index contributed by atoms with van der Waals surface area (Å²) in [6, 6.07) is 0. The number of rotatable bonds is 5. The van der Waals surface area contributed by atoms with Crippen molar-refractivity contribution in [1.82, 2.24) is 20.4 Å². The standard InChI is InChI=1S/C8H16N4/c1-9-12(2)7-3-4-8-10-5-6-11-8/h5-6,9H,3-4,7H2,1-2H3,(H,10,11). The molecule has 1 aromatic heterocycles. The number of aryl methyl sites for hydroxylation is 1. The maximum Gasteiger partial charge on any atom is 0.106 e. The van der Waals surface area contributed by atoms with Gasteiger partial charge in [-0.1, -0.05) is 0 Å². The third-order valence-corrected chi connectivity index (χ3v) is 1.84. The molecule has 0 aliphatic heterocycles. The van der Waals surface area contributed by atoms with Gasteiger partial charge in [-0.3, -0.25) is 5.43 Å². The molecule has 4 heteroatoms. The second-order valence-electron chi connectivity index (χ2n) is 2.78. The molecule has 4 nitrogen and oxygen atoms in total. The van der Waals surface area contributed by atoms with Gasteiger partial charge in [0.2, 0.25) is 0 Å². The molecule has 0 fully saturated rings. The largest absolute Gasteiger partial charge is 0.349 e. The van der Waals surface area contributed by atoms with Gasteiger partial charge in [-0.05, 0) is 13.5 Å². The lowest BCUT2D eigenvalue weighted by atomic mass is 10.3. The molecule has 2 N–H and O–H groups in total. The zero-order chi connectivity index (χ0) is 8.81. The molecular weight excluding hydrogens is 152 g/mol. The van der Waals surface area contributed by atoms with E-state index in [1.807, 2.05) is 20.3 Å². The molecule has 0 aliphatic carbocycles. The first kappa shape index (κ1) is 9.22. The first-order chi connectivity index (χ1) is 5.83. The van der Waals surface area contributed by atoms with Crippen LogP contribution in [-0.2, 0) is 6.42 Å². The van der Waals surface area contributed by atoms with E-state index >= 15 is 0 Å². The number of imidazole rings is 1. The average molecular weight is 168 g/mol. The van der Waals surface area contributed by atoms with E-state index in [4.69, 9.17) is 0 Å². The lowest BCUT2D eigenvalue weighted by Crippen LogP contribution is -2.31. The van der Waals surface area contributed by atoms with Gasteiger partial charge < -0.3 is 4.98 Å². The third-order valence-electron chi connectivity index (χ3n) is 1.84. The highest BCUT2D eigenvalue weighted by molar-refractivity contribution is 4.86. The van der Waals surface area contributed by atoms with Gasteiger partial charge in [0.05, 0.1) is 0 Å². The lowest BCUT2D eigenvalue weighted by Gasteiger charge is -2.13. The Hall–Kier alpha value is -0.870. The Morgan fingerprint density at radius 1 is 1.67 bits per heavy atom. The van der Waals surface area contributed by atoms with Crippen molar-refractivity contribution in [3.8, 4) is 0 Å². The van der Waals surface area contributed by atoms with Crippen LogP contribution in [0, 0.1) is 0 Å². The highest BCUT2D eigenvalue weighted by atomic mass is 15.5. The molecule has 1 heterocycles. The van der Waals surface area contributed by atoms with E-state index in [1.54, 1.807) is 6.20 Å². The van der Waals surface area contributed by atoms with Crippen LogP contribution in [0.1, 0.15) is 12.2 Å². The van der Waals surface area contributed by atoms with Crippen LogP contribution in [0.5, 0.6) is 0 Å². The Morgan fingerprint density at radius 3 is 3.08 bits per heavy atom. The fourth-order valence-corrected chi connectivity index (χ4v) is 1.03. The maximum atomic E-state index is 4.14. The summed E-state index contributed by atoms with van der Waals surface area (Å²) >= 11 is 0. The third kappa shape index (κ3) is 3.02. The predicted octanol–water partition coefficient (Wildman–Crippen LogP) is 0.408.